The Morgan fingerprint density at radius 2 is 2.24 bits per heavy atom. The summed E-state index contributed by atoms with van der Waals surface area (Å²) in [5, 5.41) is 3.35. The summed E-state index contributed by atoms with van der Waals surface area (Å²) in [6.07, 6.45) is 4.68. The highest BCUT2D eigenvalue weighted by Gasteiger charge is 2.19. The summed E-state index contributed by atoms with van der Waals surface area (Å²) in [6, 6.07) is 4.36. The first kappa shape index (κ1) is 12.1. The zero-order chi connectivity index (χ0) is 12.3. The number of nitrogens with zero attached hydrogens (tertiary/aromatic N) is 1. The second-order valence-corrected chi connectivity index (χ2v) is 4.84. The molecular weight excluding hydrogens is 212 g/mol. The summed E-state index contributed by atoms with van der Waals surface area (Å²) in [5.41, 5.74) is 1.76. The average Bonchev–Trinajstić information content (AvgIpc) is 2.78. The van der Waals surface area contributed by atoms with Crippen molar-refractivity contribution in [2.75, 3.05) is 13.1 Å². The molecule has 92 valence electrons. The Hall–Kier alpha value is -1.35. The van der Waals surface area contributed by atoms with Crippen LogP contribution in [-0.2, 0) is 0 Å². The first-order valence-corrected chi connectivity index (χ1v) is 6.23. The van der Waals surface area contributed by atoms with Gasteiger partial charge in [0.2, 0.25) is 0 Å². The fourth-order valence-electron chi connectivity index (χ4n) is 2.40. The van der Waals surface area contributed by atoms with Crippen molar-refractivity contribution in [3.63, 3.8) is 0 Å². The van der Waals surface area contributed by atoms with Gasteiger partial charge in [-0.15, -0.1) is 0 Å². The number of piperidine rings is 1. The van der Waals surface area contributed by atoms with Gasteiger partial charge in [0, 0.05) is 18.7 Å². The fourth-order valence-corrected chi connectivity index (χ4v) is 2.40. The van der Waals surface area contributed by atoms with Gasteiger partial charge in [-0.3, -0.25) is 4.79 Å². The van der Waals surface area contributed by atoms with Gasteiger partial charge in [-0.05, 0) is 45.0 Å². The number of allylic oxidation sites excluding steroid dienone is 1. The van der Waals surface area contributed by atoms with Gasteiger partial charge in [-0.25, -0.2) is 0 Å². The minimum atomic E-state index is 0.182. The van der Waals surface area contributed by atoms with Crippen LogP contribution in [0, 0.1) is 0 Å². The van der Waals surface area contributed by atoms with Crippen molar-refractivity contribution in [1.29, 1.82) is 0 Å². The Kier molecular flexibility index (Phi) is 3.79. The molecule has 1 aliphatic heterocycles. The number of carbonyl (C=O) groups excluding carboxylic acids is 1. The van der Waals surface area contributed by atoms with E-state index in [1.807, 2.05) is 25.3 Å². The van der Waals surface area contributed by atoms with Gasteiger partial charge in [-0.2, -0.15) is 0 Å². The zero-order valence-corrected chi connectivity index (χ0v) is 10.4. The third-order valence-electron chi connectivity index (χ3n) is 3.23. The van der Waals surface area contributed by atoms with E-state index in [4.69, 9.17) is 0 Å². The van der Waals surface area contributed by atoms with Gasteiger partial charge in [-0.1, -0.05) is 12.2 Å². The maximum absolute atomic E-state index is 12.1. The molecule has 0 saturated carbocycles. The standard InChI is InChI=1S/C14H20N2O/c1-11(2)10-14(17)13-4-3-9-16(13)12-5-7-15-8-6-12/h3-4,9,12,15H,1,5-8,10H2,2H3. The van der Waals surface area contributed by atoms with Crippen molar-refractivity contribution in [2.45, 2.75) is 32.2 Å². The van der Waals surface area contributed by atoms with Crippen molar-refractivity contribution < 1.29 is 4.79 Å². The van der Waals surface area contributed by atoms with Gasteiger partial charge in [0.05, 0.1) is 5.69 Å². The Morgan fingerprint density at radius 3 is 2.88 bits per heavy atom. The number of aromatic nitrogens is 1. The molecule has 0 atom stereocenters. The van der Waals surface area contributed by atoms with Crippen LogP contribution in [0.1, 0.15) is 42.7 Å². The van der Waals surface area contributed by atoms with Gasteiger partial charge in [0.25, 0.3) is 0 Å². The molecule has 0 aliphatic carbocycles. The highest BCUT2D eigenvalue weighted by Crippen LogP contribution is 2.22. The van der Waals surface area contributed by atoms with Crippen LogP contribution in [0.4, 0.5) is 0 Å². The molecular formula is C14H20N2O. The predicted molar refractivity (Wildman–Crippen MR) is 69.3 cm³/mol. The van der Waals surface area contributed by atoms with Gasteiger partial charge >= 0.3 is 0 Å². The van der Waals surface area contributed by atoms with Crippen LogP contribution in [0.25, 0.3) is 0 Å². The van der Waals surface area contributed by atoms with E-state index in [1.165, 1.54) is 0 Å². The van der Waals surface area contributed by atoms with E-state index < -0.39 is 0 Å². The molecule has 0 aromatic carbocycles. The van der Waals surface area contributed by atoms with E-state index >= 15 is 0 Å². The molecule has 0 radical (unpaired) electrons. The van der Waals surface area contributed by atoms with Crippen molar-refractivity contribution >= 4 is 5.78 Å². The summed E-state index contributed by atoms with van der Waals surface area (Å²) in [4.78, 5) is 12.1. The summed E-state index contributed by atoms with van der Waals surface area (Å²) >= 11 is 0. The second-order valence-electron chi connectivity index (χ2n) is 4.84. The summed E-state index contributed by atoms with van der Waals surface area (Å²) in [7, 11) is 0. The number of rotatable bonds is 4. The predicted octanol–water partition coefficient (Wildman–Crippen LogP) is 2.56. The van der Waals surface area contributed by atoms with Crippen LogP contribution in [0.3, 0.4) is 0 Å². The van der Waals surface area contributed by atoms with Crippen LogP contribution in [0.2, 0.25) is 0 Å². The SMILES string of the molecule is C=C(C)CC(=O)c1cccn1C1CCNCC1. The van der Waals surface area contributed by atoms with Crippen LogP contribution >= 0.6 is 0 Å². The van der Waals surface area contributed by atoms with Crippen molar-refractivity contribution in [1.82, 2.24) is 9.88 Å². The highest BCUT2D eigenvalue weighted by atomic mass is 16.1. The molecule has 0 unspecified atom stereocenters. The number of hydrogen-bond acceptors (Lipinski definition) is 2. The minimum Gasteiger partial charge on any atom is -0.342 e. The normalized spacial score (nSPS) is 17.0. The lowest BCUT2D eigenvalue weighted by Gasteiger charge is -2.25. The van der Waals surface area contributed by atoms with E-state index in [2.05, 4.69) is 16.5 Å². The molecule has 17 heavy (non-hydrogen) atoms. The Labute approximate surface area is 103 Å². The van der Waals surface area contributed by atoms with Crippen LogP contribution in [-0.4, -0.2) is 23.4 Å². The Bertz CT molecular complexity index is 414. The van der Waals surface area contributed by atoms with E-state index in [0.717, 1.165) is 37.2 Å². The van der Waals surface area contributed by atoms with Crippen molar-refractivity contribution in [3.05, 3.63) is 36.2 Å². The lowest BCUT2D eigenvalue weighted by atomic mass is 10.0. The van der Waals surface area contributed by atoms with Crippen molar-refractivity contribution in [3.8, 4) is 0 Å². The van der Waals surface area contributed by atoms with E-state index in [1.54, 1.807) is 0 Å². The summed E-state index contributed by atoms with van der Waals surface area (Å²) in [5.74, 6) is 0.182. The molecule has 0 spiro atoms. The smallest absolute Gasteiger partial charge is 0.183 e. The molecule has 2 heterocycles. The summed E-state index contributed by atoms with van der Waals surface area (Å²) in [6.45, 7) is 7.78. The first-order chi connectivity index (χ1) is 8.18. The molecule has 1 aromatic heterocycles. The molecule has 3 heteroatoms. The topological polar surface area (TPSA) is 34.0 Å². The van der Waals surface area contributed by atoms with Crippen LogP contribution in [0.15, 0.2) is 30.5 Å². The highest BCUT2D eigenvalue weighted by molar-refractivity contribution is 5.96. The summed E-state index contributed by atoms with van der Waals surface area (Å²) < 4.78 is 2.14. The molecule has 1 fully saturated rings. The molecule has 2 rings (SSSR count). The molecule has 0 amide bonds. The number of ketones is 1. The quantitative estimate of drug-likeness (QED) is 0.639. The largest absolute Gasteiger partial charge is 0.342 e. The number of nitrogens with one attached hydrogen (secondary N) is 1. The molecule has 0 bridgehead atoms. The van der Waals surface area contributed by atoms with Gasteiger partial charge in [0.15, 0.2) is 5.78 Å². The molecule has 1 N–H and O–H groups in total. The Balaban J connectivity index is 2.15. The lowest BCUT2D eigenvalue weighted by Crippen LogP contribution is -2.30. The van der Waals surface area contributed by atoms with E-state index in [-0.39, 0.29) is 5.78 Å². The maximum Gasteiger partial charge on any atom is 0.183 e. The maximum atomic E-state index is 12.1. The average molecular weight is 232 g/mol. The molecule has 1 saturated heterocycles. The molecule has 1 aromatic rings. The number of carbonyl (C=O) groups is 1. The fraction of sp³-hybridized carbons (Fsp3) is 0.500. The zero-order valence-electron chi connectivity index (χ0n) is 10.4. The van der Waals surface area contributed by atoms with Crippen LogP contribution in [0.5, 0.6) is 0 Å². The monoisotopic (exact) mass is 232 g/mol. The Morgan fingerprint density at radius 1 is 1.53 bits per heavy atom. The third kappa shape index (κ3) is 2.86. The number of hydrogen-bond donors (Lipinski definition) is 1. The van der Waals surface area contributed by atoms with Gasteiger partial charge < -0.3 is 9.88 Å². The van der Waals surface area contributed by atoms with Crippen LogP contribution < -0.4 is 5.32 Å². The molecule has 3 nitrogen and oxygen atoms in total. The number of Topliss-reactive ketones (excluding diaryl/α,β-unsaturated/α-hetero) is 1. The first-order valence-electron chi connectivity index (χ1n) is 6.23. The minimum absolute atomic E-state index is 0.182. The molecule has 1 aliphatic rings. The van der Waals surface area contributed by atoms with E-state index in [9.17, 15) is 4.79 Å². The second kappa shape index (κ2) is 5.32. The third-order valence-corrected chi connectivity index (χ3v) is 3.23. The van der Waals surface area contributed by atoms with Gasteiger partial charge in [0.1, 0.15) is 0 Å². The van der Waals surface area contributed by atoms with Crippen molar-refractivity contribution in [2.24, 2.45) is 0 Å². The van der Waals surface area contributed by atoms with E-state index in [0.29, 0.717) is 12.5 Å². The lowest BCUT2D eigenvalue weighted by molar-refractivity contribution is 0.0981.